The molecule has 0 aromatic carbocycles. The summed E-state index contributed by atoms with van der Waals surface area (Å²) in [7, 11) is 0. The Morgan fingerprint density at radius 1 is 1.19 bits per heavy atom. The second-order valence-corrected chi connectivity index (χ2v) is 9.58. The summed E-state index contributed by atoms with van der Waals surface area (Å²) in [5.41, 5.74) is 1.53. The van der Waals surface area contributed by atoms with Crippen molar-refractivity contribution in [1.82, 2.24) is 25.6 Å². The quantitative estimate of drug-likeness (QED) is 0.496. The van der Waals surface area contributed by atoms with Gasteiger partial charge in [-0.3, -0.25) is 9.59 Å². The lowest BCUT2D eigenvalue weighted by atomic mass is 9.88. The number of thiophene rings is 1. The fraction of sp³-hybridized carbons (Fsp3) is 0.429. The van der Waals surface area contributed by atoms with Crippen molar-refractivity contribution in [2.24, 2.45) is 5.41 Å². The van der Waals surface area contributed by atoms with E-state index in [1.54, 1.807) is 12.3 Å². The molecule has 7 nitrogen and oxygen atoms in total. The maximum atomic E-state index is 12.8. The third kappa shape index (κ3) is 5.64. The summed E-state index contributed by atoms with van der Waals surface area (Å²) in [6.45, 7) is 7.52. The van der Waals surface area contributed by atoms with Crippen LogP contribution in [0.25, 0.3) is 21.7 Å². The molecule has 3 heterocycles. The van der Waals surface area contributed by atoms with Gasteiger partial charge >= 0.3 is 6.18 Å². The van der Waals surface area contributed by atoms with Gasteiger partial charge in [-0.05, 0) is 24.5 Å². The van der Waals surface area contributed by atoms with Crippen LogP contribution >= 0.6 is 11.3 Å². The Morgan fingerprint density at radius 3 is 2.56 bits per heavy atom. The molecule has 3 rings (SSSR count). The number of H-pyrrole nitrogens is 1. The standard InChI is InChI=1S/C21H24F3N5O2S/c1-11(20(2,3)4)28-18(30)12-9-26-17-16(12)29-13(10-27-17)14-5-6-15(32-14)19(31)25-8-7-21(22,23)24/h5-6,9-11H,7-8H2,1-4H3,(H,25,31)(H,26,27)(H,28,30). The number of alkyl halides is 3. The number of carbonyl (C=O) groups excluding carboxylic acids is 2. The summed E-state index contributed by atoms with van der Waals surface area (Å²) in [5.74, 6) is -0.863. The fourth-order valence-electron chi connectivity index (χ4n) is 2.68. The van der Waals surface area contributed by atoms with Crippen LogP contribution in [0.2, 0.25) is 0 Å². The SMILES string of the molecule is CC(NC(=O)c1c[nH]c2ncc(-c3ccc(C(=O)NCCC(F)(F)F)s3)nc12)C(C)(C)C. The lowest BCUT2D eigenvalue weighted by Crippen LogP contribution is -2.41. The first-order valence-corrected chi connectivity index (χ1v) is 10.8. The molecule has 2 amide bonds. The minimum Gasteiger partial charge on any atom is -0.351 e. The average molecular weight is 468 g/mol. The second kappa shape index (κ2) is 8.89. The van der Waals surface area contributed by atoms with Crippen molar-refractivity contribution in [1.29, 1.82) is 0 Å². The second-order valence-electron chi connectivity index (χ2n) is 8.50. The van der Waals surface area contributed by atoms with Gasteiger partial charge in [-0.2, -0.15) is 13.2 Å². The van der Waals surface area contributed by atoms with Crippen molar-refractivity contribution in [2.45, 2.75) is 46.3 Å². The predicted molar refractivity (Wildman–Crippen MR) is 117 cm³/mol. The predicted octanol–water partition coefficient (Wildman–Crippen LogP) is 4.53. The minimum atomic E-state index is -4.33. The number of fused-ring (bicyclic) bond motifs is 1. The topological polar surface area (TPSA) is 99.8 Å². The van der Waals surface area contributed by atoms with E-state index in [2.05, 4.69) is 25.6 Å². The number of hydrogen-bond acceptors (Lipinski definition) is 5. The molecule has 0 saturated heterocycles. The summed E-state index contributed by atoms with van der Waals surface area (Å²) >= 11 is 1.08. The fourth-order valence-corrected chi connectivity index (χ4v) is 3.55. The third-order valence-corrected chi connectivity index (χ3v) is 6.15. The van der Waals surface area contributed by atoms with E-state index in [0.29, 0.717) is 27.3 Å². The highest BCUT2D eigenvalue weighted by atomic mass is 32.1. The summed E-state index contributed by atoms with van der Waals surface area (Å²) < 4.78 is 36.8. The van der Waals surface area contributed by atoms with E-state index in [0.717, 1.165) is 11.3 Å². The first-order chi connectivity index (χ1) is 14.8. The summed E-state index contributed by atoms with van der Waals surface area (Å²) in [4.78, 5) is 37.5. The van der Waals surface area contributed by atoms with Gasteiger partial charge in [0, 0.05) is 18.8 Å². The van der Waals surface area contributed by atoms with E-state index in [-0.39, 0.29) is 22.2 Å². The average Bonchev–Trinajstić information content (AvgIpc) is 3.33. The van der Waals surface area contributed by atoms with Crippen LogP contribution in [0.1, 0.15) is 54.1 Å². The highest BCUT2D eigenvalue weighted by molar-refractivity contribution is 7.17. The highest BCUT2D eigenvalue weighted by Crippen LogP contribution is 2.28. The van der Waals surface area contributed by atoms with Crippen LogP contribution < -0.4 is 10.6 Å². The van der Waals surface area contributed by atoms with Gasteiger partial charge in [0.25, 0.3) is 11.8 Å². The first kappa shape index (κ1) is 23.7. The lowest BCUT2D eigenvalue weighted by Gasteiger charge is -2.27. The molecule has 11 heteroatoms. The number of carbonyl (C=O) groups is 2. The number of hydrogen-bond donors (Lipinski definition) is 3. The van der Waals surface area contributed by atoms with E-state index in [9.17, 15) is 22.8 Å². The van der Waals surface area contributed by atoms with Crippen molar-refractivity contribution in [3.05, 3.63) is 35.0 Å². The van der Waals surface area contributed by atoms with Crippen LogP contribution in [0.5, 0.6) is 0 Å². The molecule has 3 aromatic rings. The molecule has 1 unspecified atom stereocenters. The largest absolute Gasteiger partial charge is 0.390 e. The van der Waals surface area contributed by atoms with E-state index in [4.69, 9.17) is 0 Å². The molecule has 0 spiro atoms. The zero-order valence-corrected chi connectivity index (χ0v) is 18.9. The molecule has 0 aliphatic heterocycles. The zero-order chi connectivity index (χ0) is 23.7. The highest BCUT2D eigenvalue weighted by Gasteiger charge is 2.27. The number of amides is 2. The van der Waals surface area contributed by atoms with E-state index < -0.39 is 25.0 Å². The van der Waals surface area contributed by atoms with Crippen molar-refractivity contribution < 1.29 is 22.8 Å². The molecule has 0 aliphatic carbocycles. The van der Waals surface area contributed by atoms with Gasteiger partial charge in [0.2, 0.25) is 0 Å². The third-order valence-electron chi connectivity index (χ3n) is 5.05. The molecule has 1 atom stereocenters. The Kier molecular flexibility index (Phi) is 6.59. The molecular weight excluding hydrogens is 443 g/mol. The van der Waals surface area contributed by atoms with Gasteiger partial charge < -0.3 is 15.6 Å². The molecule has 0 radical (unpaired) electrons. The van der Waals surface area contributed by atoms with Crippen LogP contribution in [0.3, 0.4) is 0 Å². The Labute approximate surface area is 186 Å². The van der Waals surface area contributed by atoms with Crippen molar-refractivity contribution in [2.75, 3.05) is 6.54 Å². The monoisotopic (exact) mass is 467 g/mol. The van der Waals surface area contributed by atoms with E-state index in [1.165, 1.54) is 12.3 Å². The summed E-state index contributed by atoms with van der Waals surface area (Å²) in [6.07, 6.45) is -2.36. The van der Waals surface area contributed by atoms with Gasteiger partial charge in [0.05, 0.1) is 33.6 Å². The molecule has 0 saturated carbocycles. The lowest BCUT2D eigenvalue weighted by molar-refractivity contribution is -0.132. The summed E-state index contributed by atoms with van der Waals surface area (Å²) in [6, 6.07) is 3.09. The summed E-state index contributed by atoms with van der Waals surface area (Å²) in [5, 5.41) is 5.22. The molecule has 172 valence electrons. The molecule has 0 fully saturated rings. The number of nitrogens with zero attached hydrogens (tertiary/aromatic N) is 2. The number of aromatic nitrogens is 3. The zero-order valence-electron chi connectivity index (χ0n) is 18.1. The molecule has 32 heavy (non-hydrogen) atoms. The van der Waals surface area contributed by atoms with Crippen LogP contribution in [0.15, 0.2) is 24.5 Å². The van der Waals surface area contributed by atoms with Crippen molar-refractivity contribution in [3.8, 4) is 10.6 Å². The van der Waals surface area contributed by atoms with E-state index >= 15 is 0 Å². The minimum absolute atomic E-state index is 0.0770. The smallest absolute Gasteiger partial charge is 0.351 e. The van der Waals surface area contributed by atoms with Gasteiger partial charge in [-0.25, -0.2) is 9.97 Å². The maximum absolute atomic E-state index is 12.8. The number of aromatic amines is 1. The number of halogens is 3. The van der Waals surface area contributed by atoms with Crippen molar-refractivity contribution >= 4 is 34.3 Å². The van der Waals surface area contributed by atoms with E-state index in [1.807, 2.05) is 27.7 Å². The normalized spacial score (nSPS) is 13.2. The van der Waals surface area contributed by atoms with Gasteiger partial charge in [0.1, 0.15) is 5.52 Å². The van der Waals surface area contributed by atoms with Gasteiger partial charge in [-0.1, -0.05) is 20.8 Å². The Balaban J connectivity index is 1.78. The number of nitrogens with one attached hydrogen (secondary N) is 3. The Hall–Kier alpha value is -2.95. The van der Waals surface area contributed by atoms with Crippen LogP contribution in [0.4, 0.5) is 13.2 Å². The van der Waals surface area contributed by atoms with Gasteiger partial charge in [-0.15, -0.1) is 11.3 Å². The Morgan fingerprint density at radius 2 is 1.91 bits per heavy atom. The van der Waals surface area contributed by atoms with Crippen LogP contribution in [0, 0.1) is 5.41 Å². The van der Waals surface area contributed by atoms with Gasteiger partial charge in [0.15, 0.2) is 5.65 Å². The van der Waals surface area contributed by atoms with Crippen LogP contribution in [-0.2, 0) is 0 Å². The number of rotatable bonds is 6. The molecule has 3 N–H and O–H groups in total. The Bertz CT molecular complexity index is 1130. The van der Waals surface area contributed by atoms with Crippen molar-refractivity contribution in [3.63, 3.8) is 0 Å². The van der Waals surface area contributed by atoms with Crippen LogP contribution in [-0.4, -0.2) is 45.5 Å². The molecule has 0 aliphatic rings. The maximum Gasteiger partial charge on any atom is 0.390 e. The molecule has 3 aromatic heterocycles. The molecule has 0 bridgehead atoms. The molecular formula is C21H24F3N5O2S. The first-order valence-electron chi connectivity index (χ1n) is 9.95.